The summed E-state index contributed by atoms with van der Waals surface area (Å²) in [5.74, 6) is -1.00. The van der Waals surface area contributed by atoms with E-state index in [1.807, 2.05) is 13.0 Å². The highest BCUT2D eigenvalue weighted by Crippen LogP contribution is 2.13. The van der Waals surface area contributed by atoms with Gasteiger partial charge in [0.05, 0.1) is 11.0 Å². The van der Waals surface area contributed by atoms with Crippen LogP contribution in [-0.2, 0) is 11.3 Å². The summed E-state index contributed by atoms with van der Waals surface area (Å²) in [5, 5.41) is 22.1. The Kier molecular flexibility index (Phi) is 5.48. The first kappa shape index (κ1) is 14.6. The van der Waals surface area contributed by atoms with E-state index >= 15 is 0 Å². The van der Waals surface area contributed by atoms with Crippen LogP contribution in [-0.4, -0.2) is 10.8 Å². The average molecular weight is 261 g/mol. The van der Waals surface area contributed by atoms with Gasteiger partial charge in [0.15, 0.2) is 0 Å². The molecule has 100 valence electrons. The zero-order valence-electron chi connectivity index (χ0n) is 10.6. The van der Waals surface area contributed by atoms with Gasteiger partial charge in [0, 0.05) is 18.7 Å². The highest BCUT2D eigenvalue weighted by atomic mass is 16.6. The number of hydrogen-bond donors (Lipinski definition) is 1. The number of nitrogens with zero attached hydrogens (tertiary/aromatic N) is 2. The summed E-state index contributed by atoms with van der Waals surface area (Å²) in [6.45, 7) is 2.08. The van der Waals surface area contributed by atoms with Gasteiger partial charge in [-0.25, -0.2) is 0 Å². The SMILES string of the molecule is CCCC(C#N)C(=O)NCc1cccc([N+](=O)[O-])c1. The number of carbonyl (C=O) groups is 1. The summed E-state index contributed by atoms with van der Waals surface area (Å²) in [6, 6.07) is 7.99. The van der Waals surface area contributed by atoms with Crippen molar-refractivity contribution in [1.82, 2.24) is 5.32 Å². The first-order chi connectivity index (χ1) is 9.08. The minimum atomic E-state index is -0.663. The van der Waals surface area contributed by atoms with Crippen LogP contribution in [0.2, 0.25) is 0 Å². The van der Waals surface area contributed by atoms with Crippen molar-refractivity contribution in [2.45, 2.75) is 26.3 Å². The second-order valence-corrected chi connectivity index (χ2v) is 4.12. The molecule has 19 heavy (non-hydrogen) atoms. The number of hydrogen-bond acceptors (Lipinski definition) is 4. The lowest BCUT2D eigenvalue weighted by molar-refractivity contribution is -0.384. The molecule has 0 aromatic heterocycles. The Morgan fingerprint density at radius 1 is 1.58 bits per heavy atom. The van der Waals surface area contributed by atoms with Gasteiger partial charge < -0.3 is 5.32 Å². The number of nitrogens with one attached hydrogen (secondary N) is 1. The summed E-state index contributed by atoms with van der Waals surface area (Å²) in [7, 11) is 0. The van der Waals surface area contributed by atoms with E-state index in [1.54, 1.807) is 12.1 Å². The summed E-state index contributed by atoms with van der Waals surface area (Å²) < 4.78 is 0. The Hall–Kier alpha value is -2.42. The number of benzene rings is 1. The Balaban J connectivity index is 2.62. The van der Waals surface area contributed by atoms with Crippen molar-refractivity contribution in [2.24, 2.45) is 5.92 Å². The van der Waals surface area contributed by atoms with Gasteiger partial charge in [-0.1, -0.05) is 25.5 Å². The van der Waals surface area contributed by atoms with E-state index in [0.717, 1.165) is 6.42 Å². The van der Waals surface area contributed by atoms with E-state index in [0.29, 0.717) is 12.0 Å². The van der Waals surface area contributed by atoms with Crippen molar-refractivity contribution >= 4 is 11.6 Å². The van der Waals surface area contributed by atoms with Gasteiger partial charge in [0.25, 0.3) is 5.69 Å². The Morgan fingerprint density at radius 3 is 2.89 bits per heavy atom. The number of amides is 1. The van der Waals surface area contributed by atoms with Gasteiger partial charge in [-0.3, -0.25) is 14.9 Å². The van der Waals surface area contributed by atoms with Gasteiger partial charge in [-0.2, -0.15) is 5.26 Å². The molecule has 6 nitrogen and oxygen atoms in total. The van der Waals surface area contributed by atoms with Crippen molar-refractivity contribution in [2.75, 3.05) is 0 Å². The standard InChI is InChI=1S/C13H15N3O3/c1-2-4-11(8-14)13(17)15-9-10-5-3-6-12(7-10)16(18)19/h3,5-7,11H,2,4,9H2,1H3,(H,15,17). The Labute approximate surface area is 111 Å². The van der Waals surface area contributed by atoms with Crippen LogP contribution in [0.3, 0.4) is 0 Å². The average Bonchev–Trinajstić information content (AvgIpc) is 2.42. The van der Waals surface area contributed by atoms with Crippen LogP contribution in [0.15, 0.2) is 24.3 Å². The molecule has 6 heteroatoms. The molecular weight excluding hydrogens is 246 g/mol. The number of nitro groups is 1. The minimum Gasteiger partial charge on any atom is -0.351 e. The molecule has 0 aliphatic heterocycles. The van der Waals surface area contributed by atoms with Crippen LogP contribution in [0.1, 0.15) is 25.3 Å². The monoisotopic (exact) mass is 261 g/mol. The number of nitro benzene ring substituents is 1. The van der Waals surface area contributed by atoms with Crippen molar-refractivity contribution < 1.29 is 9.72 Å². The predicted octanol–water partition coefficient (Wildman–Crippen LogP) is 2.15. The molecule has 0 fully saturated rings. The van der Waals surface area contributed by atoms with Crippen LogP contribution in [0, 0.1) is 27.4 Å². The third-order valence-electron chi connectivity index (χ3n) is 2.64. The van der Waals surface area contributed by atoms with Gasteiger partial charge >= 0.3 is 0 Å². The van der Waals surface area contributed by atoms with E-state index in [9.17, 15) is 14.9 Å². The number of rotatable bonds is 6. The molecule has 0 heterocycles. The van der Waals surface area contributed by atoms with E-state index in [1.165, 1.54) is 12.1 Å². The van der Waals surface area contributed by atoms with Gasteiger partial charge in [0.2, 0.25) is 5.91 Å². The number of non-ortho nitro benzene ring substituents is 1. The molecule has 0 radical (unpaired) electrons. The van der Waals surface area contributed by atoms with Crippen molar-refractivity contribution in [3.8, 4) is 6.07 Å². The predicted molar refractivity (Wildman–Crippen MR) is 69.0 cm³/mol. The fraction of sp³-hybridized carbons (Fsp3) is 0.385. The molecule has 1 atom stereocenters. The third kappa shape index (κ3) is 4.39. The Morgan fingerprint density at radius 2 is 2.32 bits per heavy atom. The molecule has 1 N–H and O–H groups in total. The first-order valence-corrected chi connectivity index (χ1v) is 5.99. The molecule has 1 rings (SSSR count). The van der Waals surface area contributed by atoms with Gasteiger partial charge in [-0.15, -0.1) is 0 Å². The first-order valence-electron chi connectivity index (χ1n) is 5.99. The summed E-state index contributed by atoms with van der Waals surface area (Å²) in [5.41, 5.74) is 0.618. The van der Waals surface area contributed by atoms with Crippen molar-refractivity contribution in [3.63, 3.8) is 0 Å². The molecule has 0 aliphatic carbocycles. The molecule has 0 aliphatic rings. The molecule has 1 aromatic rings. The highest BCUT2D eigenvalue weighted by Gasteiger charge is 2.16. The fourth-order valence-electron chi connectivity index (χ4n) is 1.64. The van der Waals surface area contributed by atoms with Crippen molar-refractivity contribution in [3.05, 3.63) is 39.9 Å². The molecule has 1 unspecified atom stereocenters. The second kappa shape index (κ2) is 7.11. The molecule has 0 bridgehead atoms. The van der Waals surface area contributed by atoms with Crippen LogP contribution >= 0.6 is 0 Å². The number of carbonyl (C=O) groups excluding carboxylic acids is 1. The van der Waals surface area contributed by atoms with Crippen LogP contribution in [0.4, 0.5) is 5.69 Å². The lowest BCUT2D eigenvalue weighted by Gasteiger charge is -2.09. The quantitative estimate of drug-likeness (QED) is 0.626. The fourth-order valence-corrected chi connectivity index (χ4v) is 1.64. The summed E-state index contributed by atoms with van der Waals surface area (Å²) in [6.07, 6.45) is 1.26. The third-order valence-corrected chi connectivity index (χ3v) is 2.64. The maximum Gasteiger partial charge on any atom is 0.269 e. The van der Waals surface area contributed by atoms with Crippen LogP contribution < -0.4 is 5.32 Å². The number of nitriles is 1. The molecule has 0 saturated carbocycles. The van der Waals surface area contributed by atoms with Gasteiger partial charge in [0.1, 0.15) is 5.92 Å². The topological polar surface area (TPSA) is 96.0 Å². The van der Waals surface area contributed by atoms with Crippen LogP contribution in [0.5, 0.6) is 0 Å². The maximum absolute atomic E-state index is 11.7. The van der Waals surface area contributed by atoms with E-state index in [-0.39, 0.29) is 18.1 Å². The molecule has 0 saturated heterocycles. The molecule has 1 amide bonds. The van der Waals surface area contributed by atoms with Crippen LogP contribution in [0.25, 0.3) is 0 Å². The van der Waals surface area contributed by atoms with E-state index in [4.69, 9.17) is 5.26 Å². The minimum absolute atomic E-state index is 0.0165. The zero-order valence-corrected chi connectivity index (χ0v) is 10.6. The zero-order chi connectivity index (χ0) is 14.3. The lowest BCUT2D eigenvalue weighted by Crippen LogP contribution is -2.29. The second-order valence-electron chi connectivity index (χ2n) is 4.12. The van der Waals surface area contributed by atoms with Crippen molar-refractivity contribution in [1.29, 1.82) is 5.26 Å². The van der Waals surface area contributed by atoms with E-state index < -0.39 is 10.8 Å². The largest absolute Gasteiger partial charge is 0.351 e. The molecule has 0 spiro atoms. The van der Waals surface area contributed by atoms with Gasteiger partial charge in [-0.05, 0) is 12.0 Å². The summed E-state index contributed by atoms with van der Waals surface area (Å²) in [4.78, 5) is 21.8. The van der Waals surface area contributed by atoms with E-state index in [2.05, 4.69) is 5.32 Å². The Bertz CT molecular complexity index is 508. The lowest BCUT2D eigenvalue weighted by atomic mass is 10.0. The normalized spacial score (nSPS) is 11.4. The summed E-state index contributed by atoms with van der Waals surface area (Å²) >= 11 is 0. The smallest absolute Gasteiger partial charge is 0.269 e. The highest BCUT2D eigenvalue weighted by molar-refractivity contribution is 5.80. The maximum atomic E-state index is 11.7. The molecule has 1 aromatic carbocycles. The molecular formula is C13H15N3O3.